The Morgan fingerprint density at radius 2 is 1.97 bits per heavy atom. The molecule has 3 aromatic rings. The minimum Gasteiger partial charge on any atom is -0.399 e. The van der Waals surface area contributed by atoms with Gasteiger partial charge in [0.05, 0.1) is 34.5 Å². The molecule has 152 valence electrons. The maximum atomic E-state index is 11.6. The fraction of sp³-hybridized carbons (Fsp3) is 0.0526. The maximum absolute atomic E-state index is 11.6. The van der Waals surface area contributed by atoms with Gasteiger partial charge in [-0.3, -0.25) is 10.1 Å². The third kappa shape index (κ3) is 3.91. The fourth-order valence-corrected chi connectivity index (χ4v) is 3.73. The summed E-state index contributed by atoms with van der Waals surface area (Å²) in [5.41, 5.74) is 2.07. The number of benzene rings is 1. The molecule has 11 heteroatoms. The van der Waals surface area contributed by atoms with E-state index in [0.717, 1.165) is 16.5 Å². The second-order valence-corrected chi connectivity index (χ2v) is 8.02. The van der Waals surface area contributed by atoms with E-state index in [1.54, 1.807) is 17.8 Å². The summed E-state index contributed by atoms with van der Waals surface area (Å²) in [6.45, 7) is 1.61. The first kappa shape index (κ1) is 19.3. The summed E-state index contributed by atoms with van der Waals surface area (Å²) in [7, 11) is -3.39. The molecule has 0 amide bonds. The van der Waals surface area contributed by atoms with Crippen LogP contribution in [0.2, 0.25) is 0 Å². The van der Waals surface area contributed by atoms with E-state index in [1.165, 1.54) is 29.6 Å². The van der Waals surface area contributed by atoms with Crippen LogP contribution in [0.3, 0.4) is 0 Å². The Morgan fingerprint density at radius 3 is 2.63 bits per heavy atom. The molecule has 0 spiro atoms. The van der Waals surface area contributed by atoms with E-state index < -0.39 is 20.6 Å². The zero-order valence-corrected chi connectivity index (χ0v) is 16.4. The van der Waals surface area contributed by atoms with E-state index in [2.05, 4.69) is 10.2 Å². The smallest absolute Gasteiger partial charge is 0.399 e. The van der Waals surface area contributed by atoms with Crippen LogP contribution in [-0.2, 0) is 9.84 Å². The quantitative estimate of drug-likeness (QED) is 0.348. The van der Waals surface area contributed by atoms with Gasteiger partial charge in [-0.2, -0.15) is 10.2 Å². The van der Waals surface area contributed by atoms with Crippen LogP contribution >= 0.6 is 0 Å². The molecule has 0 saturated heterocycles. The molecule has 1 aromatic carbocycles. The van der Waals surface area contributed by atoms with Crippen LogP contribution in [-0.4, -0.2) is 34.3 Å². The Balaban J connectivity index is 1.75. The molecule has 30 heavy (non-hydrogen) atoms. The van der Waals surface area contributed by atoms with E-state index in [1.807, 2.05) is 30.3 Å². The first-order valence-electron chi connectivity index (χ1n) is 8.67. The Morgan fingerprint density at radius 1 is 1.20 bits per heavy atom. The van der Waals surface area contributed by atoms with Gasteiger partial charge in [0.2, 0.25) is 0 Å². The highest BCUT2D eigenvalue weighted by Gasteiger charge is 2.19. The Kier molecular flexibility index (Phi) is 4.80. The number of para-hydroxylation sites is 1. The molecule has 0 bridgehead atoms. The summed E-state index contributed by atoms with van der Waals surface area (Å²) in [4.78, 5) is 10.3. The van der Waals surface area contributed by atoms with Crippen molar-refractivity contribution in [2.75, 3.05) is 0 Å². The van der Waals surface area contributed by atoms with Crippen LogP contribution < -0.4 is 0 Å². The van der Waals surface area contributed by atoms with Crippen molar-refractivity contribution in [3.8, 4) is 17.1 Å². The fourth-order valence-electron chi connectivity index (χ4n) is 2.78. The molecule has 0 radical (unpaired) electrons. The van der Waals surface area contributed by atoms with E-state index in [0.29, 0.717) is 17.0 Å². The zero-order chi connectivity index (χ0) is 21.3. The van der Waals surface area contributed by atoms with Crippen molar-refractivity contribution in [1.29, 1.82) is 0 Å². The SMILES string of the molecule is CC1=CS(=O)(=O)C=CN1/N=C/c1cn(-c2ccccc2)nc1-c1ccc([N+](=O)[O-])o1. The average Bonchev–Trinajstić information content (AvgIpc) is 3.35. The summed E-state index contributed by atoms with van der Waals surface area (Å²) < 4.78 is 30.1. The lowest BCUT2D eigenvalue weighted by atomic mass is 10.2. The van der Waals surface area contributed by atoms with E-state index >= 15 is 0 Å². The Hall–Kier alpha value is -3.99. The number of furan rings is 1. The van der Waals surface area contributed by atoms with Crippen molar-refractivity contribution in [2.45, 2.75) is 6.92 Å². The molecule has 1 aliphatic rings. The molecule has 0 aliphatic carbocycles. The number of nitrogens with zero attached hydrogens (tertiary/aromatic N) is 5. The van der Waals surface area contributed by atoms with Crippen LogP contribution in [0.25, 0.3) is 17.1 Å². The number of rotatable bonds is 5. The molecule has 0 unspecified atom stereocenters. The maximum Gasteiger partial charge on any atom is 0.433 e. The lowest BCUT2D eigenvalue weighted by Crippen LogP contribution is -2.13. The first-order chi connectivity index (χ1) is 14.3. The predicted molar refractivity (Wildman–Crippen MR) is 109 cm³/mol. The summed E-state index contributed by atoms with van der Waals surface area (Å²) in [6.07, 6.45) is 4.52. The standard InChI is InChI=1S/C19H15N5O5S/c1-14-13-30(27,28)10-9-22(14)20-11-15-12-23(16-5-3-2-4-6-16)21-19(15)17-7-8-18(29-17)24(25)26/h2-13H,1H3/b20-11+. The number of allylic oxidation sites excluding steroid dienone is 1. The number of hydrogen-bond donors (Lipinski definition) is 0. The van der Waals surface area contributed by atoms with Crippen LogP contribution in [0.1, 0.15) is 12.5 Å². The van der Waals surface area contributed by atoms with Crippen LogP contribution in [0.5, 0.6) is 0 Å². The van der Waals surface area contributed by atoms with Gasteiger partial charge in [0.15, 0.2) is 15.6 Å². The summed E-state index contributed by atoms with van der Waals surface area (Å²) in [5.74, 6) is -0.188. The molecular formula is C19H15N5O5S. The topological polar surface area (TPSA) is 124 Å². The lowest BCUT2D eigenvalue weighted by Gasteiger charge is -2.17. The number of hydrogen-bond acceptors (Lipinski definition) is 8. The monoisotopic (exact) mass is 425 g/mol. The molecule has 0 fully saturated rings. The summed E-state index contributed by atoms with van der Waals surface area (Å²) in [5, 5.41) is 23.3. The largest absolute Gasteiger partial charge is 0.433 e. The van der Waals surface area contributed by atoms with Gasteiger partial charge in [-0.05, 0) is 25.1 Å². The molecule has 1 aliphatic heterocycles. The van der Waals surface area contributed by atoms with Gasteiger partial charge in [-0.15, -0.1) is 0 Å². The van der Waals surface area contributed by atoms with E-state index in [9.17, 15) is 18.5 Å². The molecule has 4 rings (SSSR count). The van der Waals surface area contributed by atoms with Gasteiger partial charge >= 0.3 is 5.88 Å². The molecule has 0 saturated carbocycles. The number of nitro groups is 1. The van der Waals surface area contributed by atoms with Gasteiger partial charge in [-0.1, -0.05) is 18.2 Å². The second kappa shape index (κ2) is 7.44. The highest BCUT2D eigenvalue weighted by atomic mass is 32.2. The summed E-state index contributed by atoms with van der Waals surface area (Å²) in [6, 6.07) is 12.0. The normalized spacial score (nSPS) is 15.5. The average molecular weight is 425 g/mol. The third-order valence-electron chi connectivity index (χ3n) is 4.18. The second-order valence-electron chi connectivity index (χ2n) is 6.33. The van der Waals surface area contributed by atoms with Crippen molar-refractivity contribution < 1.29 is 17.8 Å². The van der Waals surface area contributed by atoms with Crippen molar-refractivity contribution in [2.24, 2.45) is 5.10 Å². The molecule has 0 N–H and O–H groups in total. The molecule has 2 aromatic heterocycles. The molecule has 0 atom stereocenters. The van der Waals surface area contributed by atoms with Gasteiger partial charge in [0.25, 0.3) is 0 Å². The highest BCUT2D eigenvalue weighted by Crippen LogP contribution is 2.28. The van der Waals surface area contributed by atoms with Gasteiger partial charge in [-0.25, -0.2) is 18.1 Å². The Labute approximate surface area is 171 Å². The van der Waals surface area contributed by atoms with E-state index in [4.69, 9.17) is 4.42 Å². The molecule has 3 heterocycles. The lowest BCUT2D eigenvalue weighted by molar-refractivity contribution is -0.401. The molecular weight excluding hydrogens is 410 g/mol. The minimum atomic E-state index is -3.39. The van der Waals surface area contributed by atoms with Crippen LogP contribution in [0.15, 0.2) is 80.9 Å². The first-order valence-corrected chi connectivity index (χ1v) is 10.3. The Bertz CT molecular complexity index is 1300. The third-order valence-corrected chi connectivity index (χ3v) is 5.35. The summed E-state index contributed by atoms with van der Waals surface area (Å²) >= 11 is 0. The van der Waals surface area contributed by atoms with Gasteiger partial charge in [0.1, 0.15) is 10.6 Å². The number of sulfone groups is 1. The van der Waals surface area contributed by atoms with Crippen molar-refractivity contribution in [3.05, 3.63) is 87.1 Å². The van der Waals surface area contributed by atoms with Gasteiger partial charge in [0, 0.05) is 18.0 Å². The van der Waals surface area contributed by atoms with Crippen molar-refractivity contribution in [1.82, 2.24) is 14.8 Å². The van der Waals surface area contributed by atoms with Crippen LogP contribution in [0.4, 0.5) is 5.88 Å². The number of aromatic nitrogens is 2. The van der Waals surface area contributed by atoms with E-state index in [-0.39, 0.29) is 5.76 Å². The van der Waals surface area contributed by atoms with Crippen LogP contribution in [0, 0.1) is 10.1 Å². The molecule has 10 nitrogen and oxygen atoms in total. The van der Waals surface area contributed by atoms with Gasteiger partial charge < -0.3 is 4.42 Å². The minimum absolute atomic E-state index is 0.210. The van der Waals surface area contributed by atoms with Crippen molar-refractivity contribution >= 4 is 21.9 Å². The predicted octanol–water partition coefficient (Wildman–Crippen LogP) is 3.44. The van der Waals surface area contributed by atoms with Crippen molar-refractivity contribution in [3.63, 3.8) is 0 Å². The number of hydrazone groups is 1. The highest BCUT2D eigenvalue weighted by molar-refractivity contribution is 7.97. The zero-order valence-electron chi connectivity index (χ0n) is 15.6.